The summed E-state index contributed by atoms with van der Waals surface area (Å²) in [7, 11) is 0. The first-order valence-corrected chi connectivity index (χ1v) is 6.52. The van der Waals surface area contributed by atoms with Gasteiger partial charge in [0.05, 0.1) is 12.7 Å². The lowest BCUT2D eigenvalue weighted by Gasteiger charge is -2.22. The Labute approximate surface area is 121 Å². The fraction of sp³-hybridized carbons (Fsp3) is 0.429. The monoisotopic (exact) mass is 299 g/mol. The van der Waals surface area contributed by atoms with Gasteiger partial charge in [0.1, 0.15) is 5.82 Å². The van der Waals surface area contributed by atoms with E-state index in [1.165, 1.54) is 12.1 Å². The first-order valence-electron chi connectivity index (χ1n) is 6.52. The van der Waals surface area contributed by atoms with Gasteiger partial charge in [-0.3, -0.25) is 0 Å². The summed E-state index contributed by atoms with van der Waals surface area (Å²) in [6.45, 7) is 2.66. The van der Waals surface area contributed by atoms with Gasteiger partial charge in [0, 0.05) is 0 Å². The van der Waals surface area contributed by atoms with Crippen molar-refractivity contribution in [2.75, 3.05) is 13.1 Å². The first-order chi connectivity index (χ1) is 9.99. The second kappa shape index (κ2) is 9.04. The number of nitrogens with one attached hydrogen (secondary N) is 1. The number of carboxylic acid groups (broad SMARTS) is 2. The van der Waals surface area contributed by atoms with Crippen LogP contribution in [0, 0.1) is 5.82 Å². The first kappa shape index (κ1) is 17.1. The predicted octanol–water partition coefficient (Wildman–Crippen LogP) is 1.25. The second-order valence-electron chi connectivity index (χ2n) is 4.50. The van der Waals surface area contributed by atoms with Gasteiger partial charge in [0.25, 0.3) is 0 Å². The zero-order valence-electron chi connectivity index (χ0n) is 11.4. The van der Waals surface area contributed by atoms with Gasteiger partial charge >= 0.3 is 11.9 Å². The lowest BCUT2D eigenvalue weighted by molar-refractivity contribution is -0.159. The van der Waals surface area contributed by atoms with Crippen LogP contribution < -0.4 is 5.32 Å². The molecular weight excluding hydrogens is 281 g/mol. The standard InChI is InChI=1S/C12H16FNO.C2H2O4/c13-11-3-1-10(2-4-11)9-15-12-5-7-14-8-6-12;3-1(4)2(5)6/h1-4,12,14H,5-9H2;(H,3,4)(H,5,6). The van der Waals surface area contributed by atoms with Crippen molar-refractivity contribution >= 4 is 11.9 Å². The second-order valence-corrected chi connectivity index (χ2v) is 4.50. The van der Waals surface area contributed by atoms with E-state index in [-0.39, 0.29) is 5.82 Å². The van der Waals surface area contributed by atoms with Gasteiger partial charge in [0.2, 0.25) is 0 Å². The number of rotatable bonds is 3. The molecule has 1 aliphatic rings. The van der Waals surface area contributed by atoms with Gasteiger partial charge in [-0.05, 0) is 43.6 Å². The van der Waals surface area contributed by atoms with Crippen LogP contribution in [0.2, 0.25) is 0 Å². The number of piperidine rings is 1. The number of benzene rings is 1. The molecule has 116 valence electrons. The molecule has 21 heavy (non-hydrogen) atoms. The van der Waals surface area contributed by atoms with E-state index in [1.807, 2.05) is 0 Å². The predicted molar refractivity (Wildman–Crippen MR) is 72.4 cm³/mol. The van der Waals surface area contributed by atoms with Crippen LogP contribution in [-0.4, -0.2) is 41.3 Å². The summed E-state index contributed by atoms with van der Waals surface area (Å²) in [5, 5.41) is 18.1. The lowest BCUT2D eigenvalue weighted by Crippen LogP contribution is -2.32. The van der Waals surface area contributed by atoms with Crippen molar-refractivity contribution in [2.24, 2.45) is 0 Å². The Morgan fingerprint density at radius 2 is 1.67 bits per heavy atom. The molecule has 1 saturated heterocycles. The van der Waals surface area contributed by atoms with Crippen molar-refractivity contribution < 1.29 is 28.9 Å². The smallest absolute Gasteiger partial charge is 0.414 e. The van der Waals surface area contributed by atoms with Gasteiger partial charge < -0.3 is 20.3 Å². The minimum atomic E-state index is -1.82. The highest BCUT2D eigenvalue weighted by atomic mass is 19.1. The quantitative estimate of drug-likeness (QED) is 0.727. The van der Waals surface area contributed by atoms with E-state index < -0.39 is 11.9 Å². The fourth-order valence-electron chi connectivity index (χ4n) is 1.76. The normalized spacial score (nSPS) is 14.9. The zero-order valence-corrected chi connectivity index (χ0v) is 11.4. The molecule has 1 aromatic rings. The van der Waals surface area contributed by atoms with Crippen molar-refractivity contribution in [3.8, 4) is 0 Å². The third kappa shape index (κ3) is 7.38. The molecule has 0 aromatic heterocycles. The molecule has 0 aliphatic carbocycles. The van der Waals surface area contributed by atoms with E-state index in [9.17, 15) is 4.39 Å². The number of halogens is 1. The summed E-state index contributed by atoms with van der Waals surface area (Å²) in [5.41, 5.74) is 1.04. The van der Waals surface area contributed by atoms with Crippen molar-refractivity contribution in [1.82, 2.24) is 5.32 Å². The Morgan fingerprint density at radius 3 is 2.14 bits per heavy atom. The molecule has 1 aliphatic heterocycles. The third-order valence-corrected chi connectivity index (χ3v) is 2.87. The molecule has 0 radical (unpaired) electrons. The fourth-order valence-corrected chi connectivity index (χ4v) is 1.76. The molecule has 0 saturated carbocycles. The molecule has 2 rings (SSSR count). The minimum absolute atomic E-state index is 0.194. The van der Waals surface area contributed by atoms with E-state index in [0.717, 1.165) is 31.5 Å². The number of hydrogen-bond donors (Lipinski definition) is 3. The summed E-state index contributed by atoms with van der Waals surface area (Å²) in [5.74, 6) is -3.84. The van der Waals surface area contributed by atoms with Gasteiger partial charge in [-0.2, -0.15) is 0 Å². The molecule has 0 unspecified atom stereocenters. The molecule has 0 bridgehead atoms. The van der Waals surface area contributed by atoms with E-state index in [1.54, 1.807) is 12.1 Å². The Kier molecular flexibility index (Phi) is 7.34. The molecule has 6 nitrogen and oxygen atoms in total. The van der Waals surface area contributed by atoms with Crippen LogP contribution in [-0.2, 0) is 20.9 Å². The molecule has 0 spiro atoms. The third-order valence-electron chi connectivity index (χ3n) is 2.87. The largest absolute Gasteiger partial charge is 0.473 e. The van der Waals surface area contributed by atoms with Crippen molar-refractivity contribution in [3.63, 3.8) is 0 Å². The lowest BCUT2D eigenvalue weighted by atomic mass is 10.1. The number of ether oxygens (including phenoxy) is 1. The van der Waals surface area contributed by atoms with Crippen LogP contribution >= 0.6 is 0 Å². The van der Waals surface area contributed by atoms with Crippen LogP contribution in [0.3, 0.4) is 0 Å². The number of hydrogen-bond acceptors (Lipinski definition) is 4. The summed E-state index contributed by atoms with van der Waals surface area (Å²) >= 11 is 0. The van der Waals surface area contributed by atoms with Gasteiger partial charge in [-0.15, -0.1) is 0 Å². The van der Waals surface area contributed by atoms with E-state index in [4.69, 9.17) is 24.5 Å². The number of carbonyl (C=O) groups is 2. The van der Waals surface area contributed by atoms with Gasteiger partial charge in [0.15, 0.2) is 0 Å². The van der Waals surface area contributed by atoms with E-state index in [2.05, 4.69) is 5.32 Å². The molecule has 7 heteroatoms. The highest BCUT2D eigenvalue weighted by molar-refractivity contribution is 6.27. The minimum Gasteiger partial charge on any atom is -0.473 e. The van der Waals surface area contributed by atoms with Crippen LogP contribution in [0.1, 0.15) is 18.4 Å². The van der Waals surface area contributed by atoms with Gasteiger partial charge in [-0.1, -0.05) is 12.1 Å². The molecule has 1 heterocycles. The van der Waals surface area contributed by atoms with Crippen molar-refractivity contribution in [1.29, 1.82) is 0 Å². The van der Waals surface area contributed by atoms with Crippen LogP contribution in [0.25, 0.3) is 0 Å². The van der Waals surface area contributed by atoms with Crippen LogP contribution in [0.15, 0.2) is 24.3 Å². The van der Waals surface area contributed by atoms with Crippen molar-refractivity contribution in [3.05, 3.63) is 35.6 Å². The Bertz CT molecular complexity index is 445. The van der Waals surface area contributed by atoms with Crippen LogP contribution in [0.5, 0.6) is 0 Å². The molecule has 0 atom stereocenters. The van der Waals surface area contributed by atoms with Crippen LogP contribution in [0.4, 0.5) is 4.39 Å². The Morgan fingerprint density at radius 1 is 1.14 bits per heavy atom. The molecule has 1 aromatic carbocycles. The molecule has 3 N–H and O–H groups in total. The summed E-state index contributed by atoms with van der Waals surface area (Å²) in [6, 6.07) is 6.50. The Balaban J connectivity index is 0.000000315. The molecule has 1 fully saturated rings. The van der Waals surface area contributed by atoms with E-state index in [0.29, 0.717) is 12.7 Å². The highest BCUT2D eigenvalue weighted by Crippen LogP contribution is 2.11. The average Bonchev–Trinajstić information content (AvgIpc) is 2.48. The number of carboxylic acids is 2. The highest BCUT2D eigenvalue weighted by Gasteiger charge is 2.12. The topological polar surface area (TPSA) is 95.9 Å². The maximum Gasteiger partial charge on any atom is 0.414 e. The zero-order chi connectivity index (χ0) is 15.7. The van der Waals surface area contributed by atoms with Gasteiger partial charge in [-0.25, -0.2) is 14.0 Å². The summed E-state index contributed by atoms with van der Waals surface area (Å²) in [4.78, 5) is 18.2. The number of aliphatic carboxylic acids is 2. The SMILES string of the molecule is Fc1ccc(COC2CCNCC2)cc1.O=C(O)C(=O)O. The van der Waals surface area contributed by atoms with Crippen molar-refractivity contribution in [2.45, 2.75) is 25.6 Å². The maximum absolute atomic E-state index is 12.6. The molecular formula is C14H18FNO5. The molecule has 0 amide bonds. The summed E-state index contributed by atoms with van der Waals surface area (Å²) < 4.78 is 18.4. The maximum atomic E-state index is 12.6. The Hall–Kier alpha value is -1.99. The average molecular weight is 299 g/mol. The summed E-state index contributed by atoms with van der Waals surface area (Å²) in [6.07, 6.45) is 2.50. The van der Waals surface area contributed by atoms with E-state index >= 15 is 0 Å².